The van der Waals surface area contributed by atoms with Gasteiger partial charge in [-0.05, 0) is 24.3 Å². The number of aryl methyl sites for hydroxylation is 1. The lowest BCUT2D eigenvalue weighted by Crippen LogP contribution is -2.32. The van der Waals surface area contributed by atoms with E-state index in [2.05, 4.69) is 15.4 Å². The first-order chi connectivity index (χ1) is 8.13. The van der Waals surface area contributed by atoms with Crippen LogP contribution in [-0.2, 0) is 22.3 Å². The summed E-state index contributed by atoms with van der Waals surface area (Å²) < 4.78 is 4.81. The quantitative estimate of drug-likeness (QED) is 0.531. The van der Waals surface area contributed by atoms with Crippen molar-refractivity contribution in [2.45, 2.75) is 25.1 Å². The van der Waals surface area contributed by atoms with Crippen LogP contribution in [0.5, 0.6) is 0 Å². The number of hydrogen-bond donors (Lipinski definition) is 1. The first-order valence-electron chi connectivity index (χ1n) is 5.36. The first kappa shape index (κ1) is 13.9. The van der Waals surface area contributed by atoms with Crippen molar-refractivity contribution in [2.24, 2.45) is 12.8 Å². The molecule has 1 rings (SSSR count). The molecule has 0 fully saturated rings. The summed E-state index contributed by atoms with van der Waals surface area (Å²) in [6.07, 6.45) is 0.587. The summed E-state index contributed by atoms with van der Waals surface area (Å²) >= 11 is 1.62. The van der Waals surface area contributed by atoms with Crippen molar-refractivity contribution in [1.82, 2.24) is 20.2 Å². The zero-order chi connectivity index (χ0) is 12.7. The van der Waals surface area contributed by atoms with Crippen molar-refractivity contribution in [3.05, 3.63) is 5.82 Å². The Hall–Kier alpha value is -1.15. The minimum Gasteiger partial charge on any atom is -0.465 e. The summed E-state index contributed by atoms with van der Waals surface area (Å²) in [6, 6.07) is -0.544. The van der Waals surface area contributed by atoms with E-state index in [1.165, 1.54) is 4.80 Å². The molecule has 2 N–H and O–H groups in total. The van der Waals surface area contributed by atoms with Crippen molar-refractivity contribution in [1.29, 1.82) is 0 Å². The van der Waals surface area contributed by atoms with Gasteiger partial charge >= 0.3 is 5.97 Å². The number of thioether (sulfide) groups is 1. The number of esters is 1. The summed E-state index contributed by atoms with van der Waals surface area (Å²) in [4.78, 5) is 12.6. The van der Waals surface area contributed by atoms with Gasteiger partial charge in [-0.1, -0.05) is 0 Å². The van der Waals surface area contributed by atoms with E-state index in [-0.39, 0.29) is 5.97 Å². The molecule has 0 saturated heterocycles. The molecule has 17 heavy (non-hydrogen) atoms. The molecule has 96 valence electrons. The lowest BCUT2D eigenvalue weighted by molar-refractivity contribution is -0.144. The van der Waals surface area contributed by atoms with Crippen LogP contribution >= 0.6 is 11.8 Å². The van der Waals surface area contributed by atoms with E-state index >= 15 is 0 Å². The molecule has 1 heterocycles. The summed E-state index contributed by atoms with van der Waals surface area (Å²) in [6.45, 7) is 2.13. The molecular formula is C9H17N5O2S. The molecule has 0 amide bonds. The Labute approximate surface area is 104 Å². The minimum atomic E-state index is -0.544. The van der Waals surface area contributed by atoms with Gasteiger partial charge in [-0.3, -0.25) is 4.79 Å². The SMILES string of the molecule is CCOC(=O)C(N)CCSCc1nnn(C)n1. The molecule has 0 aromatic carbocycles. The molecule has 8 heteroatoms. The molecular weight excluding hydrogens is 242 g/mol. The third-order valence-corrected chi connectivity index (χ3v) is 2.93. The molecule has 1 atom stereocenters. The maximum absolute atomic E-state index is 11.2. The summed E-state index contributed by atoms with van der Waals surface area (Å²) in [5.74, 6) is 1.77. The lowest BCUT2D eigenvalue weighted by atomic mass is 10.2. The third-order valence-electron chi connectivity index (χ3n) is 1.94. The van der Waals surface area contributed by atoms with Crippen LogP contribution in [0.1, 0.15) is 19.2 Å². The minimum absolute atomic E-state index is 0.342. The van der Waals surface area contributed by atoms with Crippen LogP contribution in [0.4, 0.5) is 0 Å². The molecule has 0 aliphatic rings. The Morgan fingerprint density at radius 2 is 2.41 bits per heavy atom. The Morgan fingerprint density at radius 1 is 1.65 bits per heavy atom. The Morgan fingerprint density at radius 3 is 3.00 bits per heavy atom. The molecule has 0 bridgehead atoms. The highest BCUT2D eigenvalue weighted by Crippen LogP contribution is 2.09. The number of rotatable bonds is 7. The van der Waals surface area contributed by atoms with E-state index in [9.17, 15) is 4.79 Å². The van der Waals surface area contributed by atoms with Crippen molar-refractivity contribution in [3.8, 4) is 0 Å². The molecule has 0 spiro atoms. The van der Waals surface area contributed by atoms with Crippen LogP contribution in [0.25, 0.3) is 0 Å². The number of carbonyl (C=O) groups is 1. The zero-order valence-electron chi connectivity index (χ0n) is 10.00. The van der Waals surface area contributed by atoms with Gasteiger partial charge in [-0.15, -0.1) is 10.2 Å². The highest BCUT2D eigenvalue weighted by Gasteiger charge is 2.13. The highest BCUT2D eigenvalue weighted by molar-refractivity contribution is 7.98. The smallest absolute Gasteiger partial charge is 0.322 e. The van der Waals surface area contributed by atoms with E-state index in [4.69, 9.17) is 10.5 Å². The predicted molar refractivity (Wildman–Crippen MR) is 64.2 cm³/mol. The molecule has 1 aromatic rings. The fraction of sp³-hybridized carbons (Fsp3) is 0.778. The van der Waals surface area contributed by atoms with Gasteiger partial charge in [-0.2, -0.15) is 16.6 Å². The second-order valence-corrected chi connectivity index (χ2v) is 4.50. The molecule has 0 aliphatic heterocycles. The van der Waals surface area contributed by atoms with E-state index in [0.717, 1.165) is 5.75 Å². The van der Waals surface area contributed by atoms with Crippen molar-refractivity contribution < 1.29 is 9.53 Å². The van der Waals surface area contributed by atoms with E-state index in [0.29, 0.717) is 24.6 Å². The topological polar surface area (TPSA) is 95.9 Å². The molecule has 1 unspecified atom stereocenters. The van der Waals surface area contributed by atoms with Gasteiger partial charge in [0.25, 0.3) is 0 Å². The lowest BCUT2D eigenvalue weighted by Gasteiger charge is -2.09. The summed E-state index contributed by atoms with van der Waals surface area (Å²) in [5, 5.41) is 11.6. The van der Waals surface area contributed by atoms with Crippen LogP contribution in [0, 0.1) is 0 Å². The van der Waals surface area contributed by atoms with Crippen molar-refractivity contribution in [2.75, 3.05) is 12.4 Å². The monoisotopic (exact) mass is 259 g/mol. The van der Waals surface area contributed by atoms with Gasteiger partial charge in [0.05, 0.1) is 19.4 Å². The average Bonchev–Trinajstić information content (AvgIpc) is 2.70. The number of ether oxygens (including phenoxy) is 1. The third kappa shape index (κ3) is 5.14. The molecule has 0 saturated carbocycles. The summed E-state index contributed by atoms with van der Waals surface area (Å²) in [5.41, 5.74) is 5.65. The van der Waals surface area contributed by atoms with E-state index in [1.54, 1.807) is 25.7 Å². The van der Waals surface area contributed by atoms with E-state index < -0.39 is 6.04 Å². The number of tetrazole rings is 1. The number of carbonyl (C=O) groups excluding carboxylic acids is 1. The van der Waals surface area contributed by atoms with Crippen LogP contribution < -0.4 is 5.73 Å². The Bertz CT molecular complexity index is 357. The average molecular weight is 259 g/mol. The Kier molecular flexibility index (Phi) is 5.92. The van der Waals surface area contributed by atoms with Crippen molar-refractivity contribution in [3.63, 3.8) is 0 Å². The zero-order valence-corrected chi connectivity index (χ0v) is 10.8. The van der Waals surface area contributed by atoms with E-state index in [1.807, 2.05) is 0 Å². The van der Waals surface area contributed by atoms with Crippen LogP contribution in [-0.4, -0.2) is 44.6 Å². The number of nitrogens with zero attached hydrogens (tertiary/aromatic N) is 4. The number of nitrogens with two attached hydrogens (primary N) is 1. The van der Waals surface area contributed by atoms with Gasteiger partial charge < -0.3 is 10.5 Å². The maximum atomic E-state index is 11.2. The van der Waals surface area contributed by atoms with Gasteiger partial charge in [0, 0.05) is 0 Å². The second kappa shape index (κ2) is 7.23. The maximum Gasteiger partial charge on any atom is 0.322 e. The van der Waals surface area contributed by atoms with Crippen LogP contribution in [0.3, 0.4) is 0 Å². The van der Waals surface area contributed by atoms with Crippen molar-refractivity contribution >= 4 is 17.7 Å². The fourth-order valence-corrected chi connectivity index (χ4v) is 1.99. The largest absolute Gasteiger partial charge is 0.465 e. The van der Waals surface area contributed by atoms with Crippen LogP contribution in [0.15, 0.2) is 0 Å². The Balaban J connectivity index is 2.13. The number of aromatic nitrogens is 4. The second-order valence-electron chi connectivity index (χ2n) is 3.39. The van der Waals surface area contributed by atoms with Crippen LogP contribution in [0.2, 0.25) is 0 Å². The molecule has 7 nitrogen and oxygen atoms in total. The standard InChI is InChI=1S/C9H17N5O2S/c1-3-16-9(15)7(10)4-5-17-6-8-11-13-14(2)12-8/h7H,3-6,10H2,1-2H3. The predicted octanol–water partition coefficient (Wildman–Crippen LogP) is -0.276. The van der Waals surface area contributed by atoms with Gasteiger partial charge in [-0.25, -0.2) is 0 Å². The van der Waals surface area contributed by atoms with Gasteiger partial charge in [0.2, 0.25) is 0 Å². The first-order valence-corrected chi connectivity index (χ1v) is 6.51. The molecule has 0 aliphatic carbocycles. The fourth-order valence-electron chi connectivity index (χ4n) is 1.12. The summed E-state index contributed by atoms with van der Waals surface area (Å²) in [7, 11) is 1.72. The van der Waals surface area contributed by atoms with Gasteiger partial charge in [0.15, 0.2) is 5.82 Å². The van der Waals surface area contributed by atoms with Gasteiger partial charge in [0.1, 0.15) is 6.04 Å². The highest BCUT2D eigenvalue weighted by atomic mass is 32.2. The number of hydrogen-bond acceptors (Lipinski definition) is 7. The molecule has 1 aromatic heterocycles. The normalized spacial score (nSPS) is 12.4. The molecule has 0 radical (unpaired) electrons.